The number of hydrogen-bond donors (Lipinski definition) is 2. The molecule has 0 unspecified atom stereocenters. The van der Waals surface area contributed by atoms with Gasteiger partial charge in [0.1, 0.15) is 22.1 Å². The van der Waals surface area contributed by atoms with E-state index in [2.05, 4.69) is 25.5 Å². The van der Waals surface area contributed by atoms with Crippen LogP contribution >= 0.6 is 11.3 Å². The molecule has 4 rings (SSSR count). The first-order valence-electron chi connectivity index (χ1n) is 12.0. The molecular formula is C25H30FN7O3S. The zero-order valence-electron chi connectivity index (χ0n) is 21.0. The number of aromatic nitrogens is 4. The highest BCUT2D eigenvalue weighted by molar-refractivity contribution is 7.15. The molecule has 37 heavy (non-hydrogen) atoms. The van der Waals surface area contributed by atoms with Gasteiger partial charge in [-0.3, -0.25) is 14.7 Å². The molecule has 10 nitrogen and oxygen atoms in total. The van der Waals surface area contributed by atoms with Crippen LogP contribution in [0.5, 0.6) is 0 Å². The topological polar surface area (TPSA) is 136 Å². The summed E-state index contributed by atoms with van der Waals surface area (Å²) in [5.41, 5.74) is 4.80. The normalized spacial score (nSPS) is 14.5. The van der Waals surface area contributed by atoms with Crippen LogP contribution in [-0.2, 0) is 21.5 Å². The fourth-order valence-corrected chi connectivity index (χ4v) is 4.87. The summed E-state index contributed by atoms with van der Waals surface area (Å²) in [5, 5.41) is 11.9. The summed E-state index contributed by atoms with van der Waals surface area (Å²) in [6.07, 6.45) is 4.91. The molecule has 0 aromatic carbocycles. The van der Waals surface area contributed by atoms with Gasteiger partial charge in [-0.05, 0) is 57.9 Å². The lowest BCUT2D eigenvalue weighted by molar-refractivity contribution is -0.119. The van der Waals surface area contributed by atoms with Crippen LogP contribution in [0.4, 0.5) is 15.0 Å². The molecule has 196 valence electrons. The highest BCUT2D eigenvalue weighted by Crippen LogP contribution is 2.45. The Hall–Kier alpha value is -3.51. The third-order valence-electron chi connectivity index (χ3n) is 5.99. The van der Waals surface area contributed by atoms with Crippen molar-refractivity contribution in [3.8, 4) is 10.7 Å². The van der Waals surface area contributed by atoms with Crippen LogP contribution in [0.1, 0.15) is 50.6 Å². The molecule has 12 heteroatoms. The molecule has 3 heterocycles. The average molecular weight is 528 g/mol. The SMILES string of the molecule is CC(C)(C)OC(=O)N(CC1(c2ncccc2F)CCC1)c1ccc(-c2ncc(CNC(=O)CN)s2)nn1. The maximum atomic E-state index is 14.7. The zero-order valence-corrected chi connectivity index (χ0v) is 21.8. The van der Waals surface area contributed by atoms with E-state index < -0.39 is 22.9 Å². The van der Waals surface area contributed by atoms with E-state index >= 15 is 0 Å². The van der Waals surface area contributed by atoms with Gasteiger partial charge in [0.05, 0.1) is 18.8 Å². The van der Waals surface area contributed by atoms with Crippen molar-refractivity contribution in [2.24, 2.45) is 5.73 Å². The first-order valence-corrected chi connectivity index (χ1v) is 12.8. The summed E-state index contributed by atoms with van der Waals surface area (Å²) < 4.78 is 20.4. The Balaban J connectivity index is 1.59. The summed E-state index contributed by atoms with van der Waals surface area (Å²) in [6, 6.07) is 6.33. The lowest BCUT2D eigenvalue weighted by atomic mass is 9.66. The number of nitrogens with zero attached hydrogens (tertiary/aromatic N) is 5. The summed E-state index contributed by atoms with van der Waals surface area (Å²) >= 11 is 1.36. The molecule has 2 amide bonds. The number of carbonyl (C=O) groups is 2. The van der Waals surface area contributed by atoms with E-state index in [-0.39, 0.29) is 24.8 Å². The first-order chi connectivity index (χ1) is 17.6. The van der Waals surface area contributed by atoms with Crippen LogP contribution in [-0.4, -0.2) is 50.9 Å². The number of halogens is 1. The van der Waals surface area contributed by atoms with Crippen molar-refractivity contribution >= 4 is 29.2 Å². The largest absolute Gasteiger partial charge is 0.443 e. The molecule has 1 aliphatic carbocycles. The van der Waals surface area contributed by atoms with Crippen molar-refractivity contribution in [3.05, 3.63) is 53.0 Å². The maximum absolute atomic E-state index is 14.7. The quantitative estimate of drug-likeness (QED) is 0.454. The fourth-order valence-electron chi connectivity index (χ4n) is 4.06. The van der Waals surface area contributed by atoms with E-state index in [9.17, 15) is 14.0 Å². The van der Waals surface area contributed by atoms with Gasteiger partial charge < -0.3 is 15.8 Å². The van der Waals surface area contributed by atoms with E-state index in [0.717, 1.165) is 11.3 Å². The Morgan fingerprint density at radius 2 is 2.00 bits per heavy atom. The number of amides is 2. The molecule has 0 saturated heterocycles. The highest BCUT2D eigenvalue weighted by atomic mass is 32.1. The molecule has 1 saturated carbocycles. The monoisotopic (exact) mass is 527 g/mol. The Morgan fingerprint density at radius 1 is 1.22 bits per heavy atom. The van der Waals surface area contributed by atoms with Gasteiger partial charge in [-0.2, -0.15) is 0 Å². The lowest BCUT2D eigenvalue weighted by Gasteiger charge is -2.44. The smallest absolute Gasteiger partial charge is 0.416 e. The number of nitrogens with one attached hydrogen (secondary N) is 1. The first kappa shape index (κ1) is 26.6. The molecule has 0 aliphatic heterocycles. The summed E-state index contributed by atoms with van der Waals surface area (Å²) in [6.45, 7) is 5.74. The van der Waals surface area contributed by atoms with Gasteiger partial charge in [-0.1, -0.05) is 6.42 Å². The Morgan fingerprint density at radius 3 is 2.59 bits per heavy atom. The number of ether oxygens (including phenoxy) is 1. The minimum absolute atomic E-state index is 0.0823. The fraction of sp³-hybridized carbons (Fsp3) is 0.440. The number of anilines is 1. The molecule has 1 fully saturated rings. The average Bonchev–Trinajstić information content (AvgIpc) is 3.31. The number of carbonyl (C=O) groups excluding carboxylic acids is 2. The van der Waals surface area contributed by atoms with E-state index in [4.69, 9.17) is 10.5 Å². The van der Waals surface area contributed by atoms with Gasteiger partial charge in [0.15, 0.2) is 5.82 Å². The predicted molar refractivity (Wildman–Crippen MR) is 137 cm³/mol. The van der Waals surface area contributed by atoms with E-state index in [1.165, 1.54) is 22.3 Å². The zero-order chi connectivity index (χ0) is 26.6. The van der Waals surface area contributed by atoms with Crippen LogP contribution in [0, 0.1) is 5.82 Å². The summed E-state index contributed by atoms with van der Waals surface area (Å²) in [7, 11) is 0. The van der Waals surface area contributed by atoms with Crippen molar-refractivity contribution < 1.29 is 18.7 Å². The Bertz CT molecular complexity index is 1260. The number of nitrogens with two attached hydrogens (primary N) is 1. The number of hydrogen-bond acceptors (Lipinski definition) is 9. The molecule has 3 aromatic rings. The highest BCUT2D eigenvalue weighted by Gasteiger charge is 2.45. The number of pyridine rings is 1. The van der Waals surface area contributed by atoms with Gasteiger partial charge in [0.2, 0.25) is 5.91 Å². The van der Waals surface area contributed by atoms with E-state index in [0.29, 0.717) is 35.8 Å². The van der Waals surface area contributed by atoms with Crippen LogP contribution in [0.2, 0.25) is 0 Å². The van der Waals surface area contributed by atoms with Crippen LogP contribution in [0.3, 0.4) is 0 Å². The van der Waals surface area contributed by atoms with E-state index in [1.54, 1.807) is 51.4 Å². The third kappa shape index (κ3) is 6.25. The van der Waals surface area contributed by atoms with Crippen molar-refractivity contribution in [1.82, 2.24) is 25.5 Å². The van der Waals surface area contributed by atoms with E-state index in [1.807, 2.05) is 0 Å². The number of rotatable bonds is 8. The molecule has 0 bridgehead atoms. The van der Waals surface area contributed by atoms with Gasteiger partial charge in [0.25, 0.3) is 0 Å². The minimum atomic E-state index is -0.734. The second-order valence-corrected chi connectivity index (χ2v) is 11.0. The molecule has 0 radical (unpaired) electrons. The maximum Gasteiger partial charge on any atom is 0.416 e. The van der Waals surface area contributed by atoms with Crippen LogP contribution in [0.15, 0.2) is 36.7 Å². The minimum Gasteiger partial charge on any atom is -0.443 e. The second kappa shape index (κ2) is 10.9. The van der Waals surface area contributed by atoms with Crippen molar-refractivity contribution in [3.63, 3.8) is 0 Å². The molecule has 3 N–H and O–H groups in total. The summed E-state index contributed by atoms with van der Waals surface area (Å²) in [5.74, 6) is -0.362. The van der Waals surface area contributed by atoms with Gasteiger partial charge in [-0.25, -0.2) is 14.2 Å². The molecule has 0 spiro atoms. The van der Waals surface area contributed by atoms with Crippen molar-refractivity contribution in [1.29, 1.82) is 0 Å². The number of thiazole rings is 1. The third-order valence-corrected chi connectivity index (χ3v) is 7.01. The molecular weight excluding hydrogens is 497 g/mol. The molecule has 3 aromatic heterocycles. The second-order valence-electron chi connectivity index (χ2n) is 9.92. The van der Waals surface area contributed by atoms with Crippen LogP contribution < -0.4 is 16.0 Å². The summed E-state index contributed by atoms with van der Waals surface area (Å²) in [4.78, 5) is 35.6. The standard InChI is InChI=1S/C25H30FN7O3S/c1-24(2,3)36-23(35)33(15-25(9-5-10-25)21-17(26)6-4-11-28-21)19-8-7-18(31-32-19)22-30-14-16(37-22)13-29-20(34)12-27/h4,6-8,11,14H,5,9-10,12-13,15,27H2,1-3H3,(H,29,34). The predicted octanol–water partition coefficient (Wildman–Crippen LogP) is 3.57. The van der Waals surface area contributed by atoms with Gasteiger partial charge >= 0.3 is 6.09 Å². The lowest BCUT2D eigenvalue weighted by Crippen LogP contribution is -2.50. The molecule has 1 aliphatic rings. The Kier molecular flexibility index (Phi) is 7.79. The van der Waals surface area contributed by atoms with Gasteiger partial charge in [-0.15, -0.1) is 21.5 Å². The molecule has 0 atom stereocenters. The van der Waals surface area contributed by atoms with Crippen molar-refractivity contribution in [2.75, 3.05) is 18.0 Å². The van der Waals surface area contributed by atoms with Gasteiger partial charge in [0, 0.05) is 29.2 Å². The van der Waals surface area contributed by atoms with Crippen LogP contribution in [0.25, 0.3) is 10.7 Å². The Labute approximate surface area is 218 Å². The van der Waals surface area contributed by atoms with Crippen molar-refractivity contribution in [2.45, 2.75) is 57.6 Å².